The summed E-state index contributed by atoms with van der Waals surface area (Å²) in [4.78, 5) is 0.986. The van der Waals surface area contributed by atoms with Crippen LogP contribution in [0.2, 0.25) is 0 Å². The Bertz CT molecular complexity index is 715. The molecule has 0 bridgehead atoms. The zero-order chi connectivity index (χ0) is 14.9. The SMILES string of the molecule is Cc1ccc(S(=O)(=O)N2CC[C@@H](Oc3cccnn3)C2)s1. The van der Waals surface area contributed by atoms with Gasteiger partial charge < -0.3 is 4.74 Å². The molecule has 112 valence electrons. The smallest absolute Gasteiger partial charge is 0.252 e. The Labute approximate surface area is 127 Å². The van der Waals surface area contributed by atoms with Crippen LogP contribution in [0.1, 0.15) is 11.3 Å². The van der Waals surface area contributed by atoms with Crippen LogP contribution >= 0.6 is 11.3 Å². The average molecular weight is 325 g/mol. The van der Waals surface area contributed by atoms with Crippen molar-refractivity contribution in [1.29, 1.82) is 0 Å². The Morgan fingerprint density at radius 2 is 2.24 bits per heavy atom. The van der Waals surface area contributed by atoms with Gasteiger partial charge >= 0.3 is 0 Å². The van der Waals surface area contributed by atoms with Gasteiger partial charge in [-0.3, -0.25) is 0 Å². The predicted molar refractivity (Wildman–Crippen MR) is 78.9 cm³/mol. The number of ether oxygens (including phenoxy) is 1. The maximum atomic E-state index is 12.5. The number of hydrogen-bond donors (Lipinski definition) is 0. The van der Waals surface area contributed by atoms with Gasteiger partial charge in [-0.05, 0) is 31.5 Å². The molecule has 1 saturated heterocycles. The molecule has 0 N–H and O–H groups in total. The van der Waals surface area contributed by atoms with Crippen LogP contribution in [0.4, 0.5) is 0 Å². The summed E-state index contributed by atoms with van der Waals surface area (Å²) in [5.74, 6) is 0.425. The second kappa shape index (κ2) is 5.70. The lowest BCUT2D eigenvalue weighted by Crippen LogP contribution is -2.30. The molecule has 6 nitrogen and oxygen atoms in total. The van der Waals surface area contributed by atoms with Gasteiger partial charge in [0.25, 0.3) is 10.0 Å². The first-order chi connectivity index (χ1) is 10.1. The van der Waals surface area contributed by atoms with E-state index in [-0.39, 0.29) is 6.10 Å². The number of aromatic nitrogens is 2. The molecule has 0 saturated carbocycles. The van der Waals surface area contributed by atoms with Crippen LogP contribution < -0.4 is 4.74 Å². The highest BCUT2D eigenvalue weighted by atomic mass is 32.2. The first-order valence-electron chi connectivity index (χ1n) is 6.56. The minimum atomic E-state index is -3.41. The van der Waals surface area contributed by atoms with Gasteiger partial charge in [-0.2, -0.15) is 9.40 Å². The molecule has 0 aromatic carbocycles. The van der Waals surface area contributed by atoms with Crippen molar-refractivity contribution in [1.82, 2.24) is 14.5 Å². The third kappa shape index (κ3) is 3.07. The molecular weight excluding hydrogens is 310 g/mol. The lowest BCUT2D eigenvalue weighted by atomic mass is 10.3. The topological polar surface area (TPSA) is 72.4 Å². The molecule has 1 aliphatic rings. The molecule has 2 aromatic rings. The first kappa shape index (κ1) is 14.4. The fraction of sp³-hybridized carbons (Fsp3) is 0.385. The Hall–Kier alpha value is -1.51. The van der Waals surface area contributed by atoms with Crippen molar-refractivity contribution < 1.29 is 13.2 Å². The van der Waals surface area contributed by atoms with Crippen LogP contribution in [-0.4, -0.2) is 42.1 Å². The quantitative estimate of drug-likeness (QED) is 0.855. The number of aryl methyl sites for hydroxylation is 1. The lowest BCUT2D eigenvalue weighted by molar-refractivity contribution is 0.204. The van der Waals surface area contributed by atoms with Crippen LogP contribution in [0.25, 0.3) is 0 Å². The Morgan fingerprint density at radius 1 is 1.38 bits per heavy atom. The number of nitrogens with zero attached hydrogens (tertiary/aromatic N) is 3. The summed E-state index contributed by atoms with van der Waals surface area (Å²) >= 11 is 1.29. The molecule has 1 fully saturated rings. The van der Waals surface area contributed by atoms with Gasteiger partial charge in [0.1, 0.15) is 10.3 Å². The van der Waals surface area contributed by atoms with Crippen molar-refractivity contribution in [3.63, 3.8) is 0 Å². The molecule has 0 spiro atoms. The minimum absolute atomic E-state index is 0.183. The molecule has 8 heteroatoms. The van der Waals surface area contributed by atoms with E-state index in [1.165, 1.54) is 15.6 Å². The molecule has 3 heterocycles. The van der Waals surface area contributed by atoms with Crippen LogP contribution in [0.15, 0.2) is 34.7 Å². The van der Waals surface area contributed by atoms with Crippen LogP contribution in [0.3, 0.4) is 0 Å². The van der Waals surface area contributed by atoms with E-state index in [0.717, 1.165) is 4.88 Å². The maximum Gasteiger partial charge on any atom is 0.252 e. The Balaban J connectivity index is 1.69. The highest BCUT2D eigenvalue weighted by Crippen LogP contribution is 2.27. The van der Waals surface area contributed by atoms with Gasteiger partial charge in [-0.15, -0.1) is 16.4 Å². The summed E-state index contributed by atoms with van der Waals surface area (Å²) in [5.41, 5.74) is 0. The van der Waals surface area contributed by atoms with E-state index in [9.17, 15) is 8.42 Å². The molecule has 0 unspecified atom stereocenters. The summed E-state index contributed by atoms with van der Waals surface area (Å²) in [6, 6.07) is 6.93. The summed E-state index contributed by atoms with van der Waals surface area (Å²) in [6.07, 6.45) is 2.04. The normalized spacial score (nSPS) is 19.8. The van der Waals surface area contributed by atoms with E-state index in [0.29, 0.717) is 29.6 Å². The highest BCUT2D eigenvalue weighted by molar-refractivity contribution is 7.91. The van der Waals surface area contributed by atoms with Gasteiger partial charge in [0.2, 0.25) is 5.88 Å². The number of rotatable bonds is 4. The summed E-state index contributed by atoms with van der Waals surface area (Å²) in [7, 11) is -3.41. The van der Waals surface area contributed by atoms with Crippen LogP contribution in [-0.2, 0) is 10.0 Å². The van der Waals surface area contributed by atoms with Crippen LogP contribution in [0.5, 0.6) is 5.88 Å². The third-order valence-corrected chi connectivity index (χ3v) is 6.59. The number of thiophene rings is 1. The van der Waals surface area contributed by atoms with Crippen molar-refractivity contribution >= 4 is 21.4 Å². The molecule has 0 aliphatic carbocycles. The van der Waals surface area contributed by atoms with Crippen molar-refractivity contribution in [2.45, 2.75) is 23.7 Å². The molecular formula is C13H15N3O3S2. The van der Waals surface area contributed by atoms with Crippen molar-refractivity contribution in [2.75, 3.05) is 13.1 Å². The summed E-state index contributed by atoms with van der Waals surface area (Å²) in [6.45, 7) is 2.70. The van der Waals surface area contributed by atoms with E-state index in [2.05, 4.69) is 10.2 Å². The van der Waals surface area contributed by atoms with E-state index >= 15 is 0 Å². The standard InChI is InChI=1S/C13H15N3O3S2/c1-10-4-5-13(20-10)21(17,18)16-8-6-11(9-16)19-12-3-2-7-14-15-12/h2-5,7,11H,6,8-9H2,1H3/t11-/m1/s1. The second-order valence-corrected chi connectivity index (χ2v) is 8.27. The van der Waals surface area contributed by atoms with Gasteiger partial charge in [0.15, 0.2) is 0 Å². The Kier molecular flexibility index (Phi) is 3.92. The van der Waals surface area contributed by atoms with Gasteiger partial charge in [0, 0.05) is 23.7 Å². The molecule has 21 heavy (non-hydrogen) atoms. The summed E-state index contributed by atoms with van der Waals surface area (Å²) in [5, 5.41) is 7.59. The van der Waals surface area contributed by atoms with Crippen molar-refractivity contribution in [3.8, 4) is 5.88 Å². The molecule has 1 aliphatic heterocycles. The molecule has 0 amide bonds. The molecule has 1 atom stereocenters. The van der Waals surface area contributed by atoms with Crippen LogP contribution in [0, 0.1) is 6.92 Å². The van der Waals surface area contributed by atoms with Crippen molar-refractivity contribution in [2.24, 2.45) is 0 Å². The number of sulfonamides is 1. The second-order valence-electron chi connectivity index (χ2n) is 4.82. The van der Waals surface area contributed by atoms with Gasteiger partial charge in [0.05, 0.1) is 6.54 Å². The molecule has 0 radical (unpaired) electrons. The number of hydrogen-bond acceptors (Lipinski definition) is 6. The average Bonchev–Trinajstić information content (AvgIpc) is 3.10. The summed E-state index contributed by atoms with van der Waals surface area (Å²) < 4.78 is 32.5. The van der Waals surface area contributed by atoms with Crippen molar-refractivity contribution in [3.05, 3.63) is 35.3 Å². The van der Waals surface area contributed by atoms with E-state index in [1.807, 2.05) is 13.0 Å². The fourth-order valence-electron chi connectivity index (χ4n) is 2.21. The Morgan fingerprint density at radius 3 is 2.90 bits per heavy atom. The maximum absolute atomic E-state index is 12.5. The van der Waals surface area contributed by atoms with E-state index < -0.39 is 10.0 Å². The first-order valence-corrected chi connectivity index (χ1v) is 8.82. The van der Waals surface area contributed by atoms with Gasteiger partial charge in [-0.25, -0.2) is 8.42 Å². The zero-order valence-electron chi connectivity index (χ0n) is 11.5. The highest BCUT2D eigenvalue weighted by Gasteiger charge is 2.34. The molecule has 2 aromatic heterocycles. The van der Waals surface area contributed by atoms with E-state index in [4.69, 9.17) is 4.74 Å². The zero-order valence-corrected chi connectivity index (χ0v) is 13.1. The largest absolute Gasteiger partial charge is 0.472 e. The van der Waals surface area contributed by atoms with E-state index in [1.54, 1.807) is 24.4 Å². The van der Waals surface area contributed by atoms with Gasteiger partial charge in [-0.1, -0.05) is 0 Å². The molecule has 3 rings (SSSR count). The third-order valence-electron chi connectivity index (χ3n) is 3.25. The minimum Gasteiger partial charge on any atom is -0.472 e. The monoisotopic (exact) mass is 325 g/mol. The lowest BCUT2D eigenvalue weighted by Gasteiger charge is -2.15. The predicted octanol–water partition coefficient (Wildman–Crippen LogP) is 1.69. The fourth-order valence-corrected chi connectivity index (χ4v) is 5.14.